The van der Waals surface area contributed by atoms with E-state index in [1.165, 1.54) is 5.54 Å². The zero-order valence-electron chi connectivity index (χ0n) is 14.4. The fourth-order valence-electron chi connectivity index (χ4n) is 2.49. The molecule has 0 spiro atoms. The Balaban J connectivity index is 2.78. The Labute approximate surface area is 144 Å². The zero-order valence-corrected chi connectivity index (χ0v) is 15.2. The van der Waals surface area contributed by atoms with Gasteiger partial charge in [0.05, 0.1) is 6.21 Å². The van der Waals surface area contributed by atoms with Crippen LogP contribution in [0.3, 0.4) is 0 Å². The maximum atomic E-state index is 11.7. The van der Waals surface area contributed by atoms with Crippen LogP contribution in [0.1, 0.15) is 33.6 Å². The molecule has 1 heterocycles. The molecule has 0 aromatic rings. The van der Waals surface area contributed by atoms with Crippen LogP contribution in [0, 0.1) is 5.92 Å². The summed E-state index contributed by atoms with van der Waals surface area (Å²) in [7, 11) is 1.69. The van der Waals surface area contributed by atoms with Gasteiger partial charge >= 0.3 is 0 Å². The molecule has 0 radical (unpaired) electrons. The van der Waals surface area contributed by atoms with Crippen molar-refractivity contribution in [3.05, 3.63) is 34.7 Å². The summed E-state index contributed by atoms with van der Waals surface area (Å²) in [6.07, 6.45) is 7.33. The van der Waals surface area contributed by atoms with E-state index in [4.69, 9.17) is 11.6 Å². The van der Waals surface area contributed by atoms with Gasteiger partial charge in [-0.05, 0) is 45.3 Å². The van der Waals surface area contributed by atoms with Gasteiger partial charge in [0.25, 0.3) is 0 Å². The maximum absolute atomic E-state index is 11.7. The van der Waals surface area contributed by atoms with Crippen molar-refractivity contribution in [3.8, 4) is 0 Å². The smallest absolute Gasteiger partial charge is 0.222 e. The summed E-state index contributed by atoms with van der Waals surface area (Å²) in [6, 6.07) is 0. The van der Waals surface area contributed by atoms with Crippen molar-refractivity contribution in [2.75, 3.05) is 20.1 Å². The van der Waals surface area contributed by atoms with Crippen LogP contribution in [-0.2, 0) is 4.79 Å². The average Bonchev–Trinajstić information content (AvgIpc) is 2.58. The van der Waals surface area contributed by atoms with E-state index >= 15 is 0 Å². The number of carbonyl (C=O) groups is 1. The first-order valence-electron chi connectivity index (χ1n) is 7.89. The third-order valence-corrected chi connectivity index (χ3v) is 4.14. The molecule has 1 amide bonds. The second-order valence-electron chi connectivity index (χ2n) is 5.58. The van der Waals surface area contributed by atoms with E-state index in [0.717, 1.165) is 42.9 Å². The predicted molar refractivity (Wildman–Crippen MR) is 97.1 cm³/mol. The molecule has 1 fully saturated rings. The fourth-order valence-corrected chi connectivity index (χ4v) is 2.61. The highest BCUT2D eigenvalue weighted by Crippen LogP contribution is 2.23. The van der Waals surface area contributed by atoms with Crippen molar-refractivity contribution in [3.63, 3.8) is 0 Å². The Morgan fingerprint density at radius 2 is 1.96 bits per heavy atom. The number of hydrazone groups is 1. The van der Waals surface area contributed by atoms with Crippen molar-refractivity contribution in [1.82, 2.24) is 15.6 Å². The summed E-state index contributed by atoms with van der Waals surface area (Å²) >= 11 is 5.79. The van der Waals surface area contributed by atoms with Crippen molar-refractivity contribution >= 4 is 23.7 Å². The number of rotatable bonds is 6. The Morgan fingerprint density at radius 3 is 2.48 bits per heavy atom. The molecule has 1 saturated heterocycles. The number of hydrogen-bond acceptors (Lipinski definition) is 4. The van der Waals surface area contributed by atoms with Gasteiger partial charge < -0.3 is 10.2 Å². The van der Waals surface area contributed by atoms with Crippen molar-refractivity contribution in [1.29, 1.82) is 0 Å². The quantitative estimate of drug-likeness (QED) is 0.445. The van der Waals surface area contributed by atoms with Crippen LogP contribution in [0.5, 0.6) is 0 Å². The number of allylic oxidation sites excluding steroid dienone is 4. The van der Waals surface area contributed by atoms with Gasteiger partial charge in [-0.2, -0.15) is 5.10 Å². The molecular formula is C17H27ClN4O. The highest BCUT2D eigenvalue weighted by molar-refractivity contribution is 6.25. The van der Waals surface area contributed by atoms with Gasteiger partial charge in [-0.15, -0.1) is 0 Å². The molecular weight excluding hydrogens is 312 g/mol. The minimum atomic E-state index is 0.102. The first kappa shape index (κ1) is 19.3. The Hall–Kier alpha value is -1.75. The number of piperidine rings is 1. The van der Waals surface area contributed by atoms with E-state index in [9.17, 15) is 4.79 Å². The number of halogens is 1. The Bertz CT molecular complexity index is 515. The maximum Gasteiger partial charge on any atom is 0.222 e. The van der Waals surface area contributed by atoms with E-state index in [1.807, 2.05) is 32.9 Å². The molecule has 23 heavy (non-hydrogen) atoms. The SMILES string of the molecule is C/C=C(\C)N\N=C/C(C)=C(/C=C/Cl)N1CCC(C(=O)NC)CC1. The summed E-state index contributed by atoms with van der Waals surface area (Å²) in [4.78, 5) is 14.0. The van der Waals surface area contributed by atoms with Gasteiger partial charge in [0.15, 0.2) is 0 Å². The molecule has 0 unspecified atom stereocenters. The number of nitrogens with one attached hydrogen (secondary N) is 2. The van der Waals surface area contributed by atoms with Crippen LogP contribution in [0.4, 0.5) is 0 Å². The van der Waals surface area contributed by atoms with Gasteiger partial charge in [0.2, 0.25) is 5.91 Å². The molecule has 1 aliphatic heterocycles. The van der Waals surface area contributed by atoms with E-state index in [1.54, 1.807) is 13.3 Å². The lowest BCUT2D eigenvalue weighted by Crippen LogP contribution is -2.39. The van der Waals surface area contributed by atoms with Crippen LogP contribution in [0.25, 0.3) is 0 Å². The highest BCUT2D eigenvalue weighted by Gasteiger charge is 2.25. The molecule has 0 atom stereocenters. The lowest BCUT2D eigenvalue weighted by Gasteiger charge is -2.34. The summed E-state index contributed by atoms with van der Waals surface area (Å²) in [5, 5.41) is 6.96. The predicted octanol–water partition coefficient (Wildman–Crippen LogP) is 2.97. The number of carbonyl (C=O) groups excluding carboxylic acids is 1. The van der Waals surface area contributed by atoms with E-state index < -0.39 is 0 Å². The minimum Gasteiger partial charge on any atom is -0.371 e. The fraction of sp³-hybridized carbons (Fsp3) is 0.529. The third-order valence-electron chi connectivity index (χ3n) is 4.01. The van der Waals surface area contributed by atoms with Crippen LogP contribution in [-0.4, -0.2) is 37.2 Å². The van der Waals surface area contributed by atoms with E-state index in [-0.39, 0.29) is 11.8 Å². The van der Waals surface area contributed by atoms with Gasteiger partial charge in [-0.3, -0.25) is 10.2 Å². The van der Waals surface area contributed by atoms with Gasteiger partial charge in [0.1, 0.15) is 0 Å². The van der Waals surface area contributed by atoms with Crippen molar-refractivity contribution < 1.29 is 4.79 Å². The Morgan fingerprint density at radius 1 is 1.30 bits per heavy atom. The molecule has 1 rings (SSSR count). The molecule has 0 saturated carbocycles. The molecule has 128 valence electrons. The van der Waals surface area contributed by atoms with E-state index in [2.05, 4.69) is 20.7 Å². The first-order valence-corrected chi connectivity index (χ1v) is 8.33. The van der Waals surface area contributed by atoms with Gasteiger partial charge in [-0.25, -0.2) is 0 Å². The molecule has 1 aliphatic rings. The lowest BCUT2D eigenvalue weighted by atomic mass is 9.95. The molecule has 5 nitrogen and oxygen atoms in total. The second kappa shape index (κ2) is 10.1. The van der Waals surface area contributed by atoms with Gasteiger partial charge in [-0.1, -0.05) is 17.7 Å². The number of likely N-dealkylation sites (tertiary alicyclic amines) is 1. The number of hydrogen-bond donors (Lipinski definition) is 2. The van der Waals surface area contributed by atoms with Gasteiger partial charge in [0, 0.05) is 43.0 Å². The highest BCUT2D eigenvalue weighted by atomic mass is 35.5. The normalized spacial score (nSPS) is 18.5. The van der Waals surface area contributed by atoms with Crippen LogP contribution >= 0.6 is 11.6 Å². The van der Waals surface area contributed by atoms with Crippen LogP contribution < -0.4 is 10.7 Å². The lowest BCUT2D eigenvalue weighted by molar-refractivity contribution is -0.125. The number of amides is 1. The molecule has 0 aromatic carbocycles. The second-order valence-corrected chi connectivity index (χ2v) is 5.83. The summed E-state index contributed by atoms with van der Waals surface area (Å²) in [5.41, 5.74) is 7.54. The largest absolute Gasteiger partial charge is 0.371 e. The summed E-state index contributed by atoms with van der Waals surface area (Å²) in [6.45, 7) is 7.59. The van der Waals surface area contributed by atoms with E-state index in [0.29, 0.717) is 0 Å². The molecule has 6 heteroatoms. The molecule has 0 aliphatic carbocycles. The minimum absolute atomic E-state index is 0.102. The van der Waals surface area contributed by atoms with Crippen LogP contribution in [0.15, 0.2) is 39.8 Å². The monoisotopic (exact) mass is 338 g/mol. The van der Waals surface area contributed by atoms with Crippen molar-refractivity contribution in [2.45, 2.75) is 33.6 Å². The van der Waals surface area contributed by atoms with Crippen molar-refractivity contribution in [2.24, 2.45) is 11.0 Å². The topological polar surface area (TPSA) is 56.7 Å². The van der Waals surface area contributed by atoms with Crippen LogP contribution in [0.2, 0.25) is 0 Å². The third kappa shape index (κ3) is 6.10. The summed E-state index contributed by atoms with van der Waals surface area (Å²) < 4.78 is 0. The number of nitrogens with zero attached hydrogens (tertiary/aromatic N) is 2. The summed E-state index contributed by atoms with van der Waals surface area (Å²) in [5.74, 6) is 0.234. The zero-order chi connectivity index (χ0) is 17.2. The molecule has 0 aromatic heterocycles. The first-order chi connectivity index (χ1) is 11.0. The Kier molecular flexibility index (Phi) is 8.48. The standard InChI is InChI=1S/C17H27ClN4O/c1-5-14(3)21-20-12-13(2)16(6-9-18)22-10-7-15(8-11-22)17(23)19-4/h5-6,9,12,15,21H,7-8,10-11H2,1-4H3,(H,19,23)/b9-6+,14-5+,16-13-,20-12-. The average molecular weight is 339 g/mol. The molecule has 0 bridgehead atoms. The molecule has 2 N–H and O–H groups in total.